The topological polar surface area (TPSA) is 219 Å². The zero-order valence-electron chi connectivity index (χ0n) is 41.3. The number of fused-ring (bicyclic) bond motifs is 2. The molecule has 20 heteroatoms. The van der Waals surface area contributed by atoms with E-state index in [0.29, 0.717) is 47.5 Å². The van der Waals surface area contributed by atoms with Gasteiger partial charge in [-0.2, -0.15) is 0 Å². The number of thiazole rings is 3. The minimum absolute atomic E-state index is 0.000968. The van der Waals surface area contributed by atoms with Gasteiger partial charge < -0.3 is 40.9 Å². The van der Waals surface area contributed by atoms with Gasteiger partial charge in [-0.1, -0.05) is 68.5 Å². The summed E-state index contributed by atoms with van der Waals surface area (Å²) >= 11 is 4.52. The number of rotatable bonds is 19. The number of hydrogen-bond acceptors (Lipinski definition) is 16. The Bertz CT molecular complexity index is 2840. The van der Waals surface area contributed by atoms with Crippen LogP contribution in [0.5, 0.6) is 0 Å². The fraction of sp³-hybridized carbons (Fsp3) is 0.471. The summed E-state index contributed by atoms with van der Waals surface area (Å²) < 4.78 is 1.08. The number of para-hydroxylation sites is 1. The number of benzene rings is 2. The fourth-order valence-corrected chi connectivity index (χ4v) is 12.0. The van der Waals surface area contributed by atoms with Gasteiger partial charge in [0.1, 0.15) is 12.1 Å². The molecule has 0 radical (unpaired) electrons. The van der Waals surface area contributed by atoms with Crippen LogP contribution in [0.15, 0.2) is 54.0 Å². The number of nitrogens with zero attached hydrogens (tertiary/aromatic N) is 8. The molecule has 2 aromatic carbocycles. The summed E-state index contributed by atoms with van der Waals surface area (Å²) in [6.07, 6.45) is 3.72. The number of carboxylic acid groups (broad SMARTS) is 1. The number of carbonyl (C=O) groups excluding carboxylic acids is 3. The number of amides is 3. The fourth-order valence-electron chi connectivity index (χ4n) is 9.24. The minimum atomic E-state index is -1.06. The highest BCUT2D eigenvalue weighted by Gasteiger charge is 2.44. The van der Waals surface area contributed by atoms with E-state index >= 15 is 0 Å². The zero-order valence-corrected chi connectivity index (χ0v) is 43.8. The molecule has 17 nitrogen and oxygen atoms in total. The lowest BCUT2D eigenvalue weighted by Crippen LogP contribution is -2.57. The van der Waals surface area contributed by atoms with E-state index in [1.54, 1.807) is 22.7 Å². The Labute approximate surface area is 426 Å². The second-order valence-electron chi connectivity index (χ2n) is 19.7. The number of likely N-dealkylation sites (tertiary alicyclic amines) is 1. The first kappa shape index (κ1) is 51.4. The third kappa shape index (κ3) is 12.1. The molecule has 0 saturated carbocycles. The molecule has 8 rings (SSSR count). The number of carboxylic acids is 1. The molecule has 2 aliphatic heterocycles. The molecule has 2 aliphatic rings. The Hall–Kier alpha value is -5.93. The van der Waals surface area contributed by atoms with Crippen molar-refractivity contribution in [3.05, 3.63) is 87.0 Å². The largest absolute Gasteiger partial charge is 0.476 e. The van der Waals surface area contributed by atoms with Gasteiger partial charge in [0.15, 0.2) is 27.6 Å². The molecular formula is C51H63N11O6S3. The number of aromatic carboxylic acids is 1. The third-order valence-electron chi connectivity index (χ3n) is 13.2. The lowest BCUT2D eigenvalue weighted by Gasteiger charge is -2.35. The monoisotopic (exact) mass is 1020 g/mol. The number of aliphatic hydroxyl groups excluding tert-OH is 1. The Morgan fingerprint density at radius 3 is 2.44 bits per heavy atom. The first-order chi connectivity index (χ1) is 33.9. The second-order valence-corrected chi connectivity index (χ2v) is 22.6. The van der Waals surface area contributed by atoms with E-state index in [-0.39, 0.29) is 42.9 Å². The van der Waals surface area contributed by atoms with E-state index in [0.717, 1.165) is 80.5 Å². The lowest BCUT2D eigenvalue weighted by atomic mass is 9.85. The molecule has 1 fully saturated rings. The van der Waals surface area contributed by atoms with Crippen LogP contribution in [-0.2, 0) is 27.2 Å². The van der Waals surface area contributed by atoms with E-state index in [9.17, 15) is 29.4 Å². The van der Waals surface area contributed by atoms with Crippen molar-refractivity contribution in [2.75, 3.05) is 43.4 Å². The maximum absolute atomic E-state index is 14.2. The zero-order chi connectivity index (χ0) is 50.6. The molecule has 71 heavy (non-hydrogen) atoms. The Balaban J connectivity index is 0.798. The van der Waals surface area contributed by atoms with Crippen LogP contribution >= 0.6 is 34.0 Å². The number of aryl methyl sites for hydroxylation is 2. The van der Waals surface area contributed by atoms with Crippen LogP contribution in [-0.4, -0.2) is 120 Å². The SMILES string of the molecule is Cc1ncsc1-c1ccc([C@H](C)NC(=O)[C@@H]2C[C@@H](O)CN2C(=O)[C@@H](NC(=O)CCCCN(C)CCCc2sc(N3CCCc4c3nnc(Nc3nc5ccccc5s3)c4C)nc2C(=O)O)C(C)(C)C)cc1. The standard InChI is InChI=1S/C51H63N11O6S3/c1-29-35-14-12-25-61(45(35)59-58-44(29)57-49-54-36-15-8-9-16-38(36)70-49)50-56-41(48(67)68)39(71-50)17-13-24-60(7)23-11-10-18-40(64)55-43(51(4,5)6)47(66)62-27-34(63)26-37(62)46(65)53-30(2)32-19-21-33(22-20-32)42-31(3)52-28-69-42/h8-9,15-16,19-22,28,30,34,37,43,63H,10-14,17-18,23-27H2,1-7H3,(H,53,65)(H,55,64)(H,67,68)(H,54,57,58)/t30-,34+,37-,43+/m0/s1. The molecular weight excluding hydrogens is 959 g/mol. The van der Waals surface area contributed by atoms with Crippen LogP contribution in [0, 0.1) is 19.3 Å². The van der Waals surface area contributed by atoms with Crippen molar-refractivity contribution in [1.29, 1.82) is 0 Å². The Kier molecular flexibility index (Phi) is 16.1. The van der Waals surface area contributed by atoms with Gasteiger partial charge in [-0.25, -0.2) is 19.7 Å². The van der Waals surface area contributed by atoms with E-state index in [1.807, 2.05) is 108 Å². The number of carbonyl (C=O) groups is 4. The highest BCUT2D eigenvalue weighted by atomic mass is 32.1. The van der Waals surface area contributed by atoms with Crippen LogP contribution in [0.1, 0.15) is 110 Å². The number of aliphatic hydroxyl groups is 1. The maximum atomic E-state index is 14.2. The van der Waals surface area contributed by atoms with Gasteiger partial charge in [0.2, 0.25) is 17.7 Å². The highest BCUT2D eigenvalue weighted by molar-refractivity contribution is 7.22. The molecule has 0 unspecified atom stereocenters. The molecule has 0 spiro atoms. The first-order valence-corrected chi connectivity index (χ1v) is 26.7. The summed E-state index contributed by atoms with van der Waals surface area (Å²) in [5.74, 6) is -0.727. The predicted octanol–water partition coefficient (Wildman–Crippen LogP) is 8.21. The van der Waals surface area contributed by atoms with Crippen LogP contribution < -0.4 is 20.9 Å². The molecule has 4 atom stereocenters. The van der Waals surface area contributed by atoms with Crippen LogP contribution in [0.25, 0.3) is 20.7 Å². The number of anilines is 4. The van der Waals surface area contributed by atoms with Gasteiger partial charge in [0, 0.05) is 41.9 Å². The second kappa shape index (κ2) is 22.2. The molecule has 6 aromatic rings. The van der Waals surface area contributed by atoms with Crippen molar-refractivity contribution >= 4 is 89.8 Å². The van der Waals surface area contributed by atoms with Gasteiger partial charge in [-0.05, 0) is 108 Å². The first-order valence-electron chi connectivity index (χ1n) is 24.2. The van der Waals surface area contributed by atoms with Gasteiger partial charge in [0.05, 0.1) is 38.4 Å². The lowest BCUT2D eigenvalue weighted by molar-refractivity contribution is -0.144. The summed E-state index contributed by atoms with van der Waals surface area (Å²) in [4.78, 5) is 74.8. The van der Waals surface area contributed by atoms with Crippen molar-refractivity contribution < 1.29 is 29.4 Å². The number of nitrogens with one attached hydrogen (secondary N) is 3. The van der Waals surface area contributed by atoms with Crippen LogP contribution in [0.2, 0.25) is 0 Å². The van der Waals surface area contributed by atoms with Gasteiger partial charge in [-0.3, -0.25) is 14.4 Å². The van der Waals surface area contributed by atoms with E-state index in [4.69, 9.17) is 0 Å². The molecule has 1 saturated heterocycles. The summed E-state index contributed by atoms with van der Waals surface area (Å²) in [5, 5.41) is 40.7. The average Bonchev–Trinajstić information content (AvgIpc) is 4.16. The predicted molar refractivity (Wildman–Crippen MR) is 280 cm³/mol. The van der Waals surface area contributed by atoms with Crippen molar-refractivity contribution in [3.8, 4) is 10.4 Å². The van der Waals surface area contributed by atoms with Crippen LogP contribution in [0.3, 0.4) is 0 Å². The number of β-amino-alcohol motifs (C(OH)–C–C–N with tert-alkyl or cyclic N) is 1. The molecule has 6 heterocycles. The molecule has 0 aliphatic carbocycles. The summed E-state index contributed by atoms with van der Waals surface area (Å²) in [5.41, 5.74) is 7.08. The molecule has 3 amide bonds. The van der Waals surface area contributed by atoms with Gasteiger partial charge in [0.25, 0.3) is 0 Å². The summed E-state index contributed by atoms with van der Waals surface area (Å²) in [6, 6.07) is 13.8. The van der Waals surface area contributed by atoms with E-state index < -0.39 is 35.5 Å². The molecule has 4 aromatic heterocycles. The van der Waals surface area contributed by atoms with E-state index in [1.165, 1.54) is 16.2 Å². The number of unbranched alkanes of at least 4 members (excludes halogenated alkanes) is 1. The summed E-state index contributed by atoms with van der Waals surface area (Å²) in [7, 11) is 2.01. The van der Waals surface area contributed by atoms with Crippen LogP contribution in [0.4, 0.5) is 21.9 Å². The summed E-state index contributed by atoms with van der Waals surface area (Å²) in [6.45, 7) is 13.6. The van der Waals surface area contributed by atoms with Crippen molar-refractivity contribution in [3.63, 3.8) is 0 Å². The van der Waals surface area contributed by atoms with Crippen molar-refractivity contribution in [2.24, 2.45) is 5.41 Å². The van der Waals surface area contributed by atoms with Gasteiger partial charge >= 0.3 is 5.97 Å². The van der Waals surface area contributed by atoms with Gasteiger partial charge in [-0.15, -0.1) is 32.9 Å². The molecule has 5 N–H and O–H groups in total. The number of hydrogen-bond donors (Lipinski definition) is 5. The quantitative estimate of drug-likeness (QED) is 0.0483. The minimum Gasteiger partial charge on any atom is -0.476 e. The maximum Gasteiger partial charge on any atom is 0.355 e. The Morgan fingerprint density at radius 2 is 1.72 bits per heavy atom. The Morgan fingerprint density at radius 1 is 0.958 bits per heavy atom. The third-order valence-corrected chi connectivity index (χ3v) is 16.3. The van der Waals surface area contributed by atoms with Crippen molar-refractivity contribution in [1.82, 2.24) is 45.6 Å². The normalized spacial score (nSPS) is 16.8. The van der Waals surface area contributed by atoms with E-state index in [2.05, 4.69) is 46.0 Å². The van der Waals surface area contributed by atoms with Crippen molar-refractivity contribution in [2.45, 2.75) is 117 Å². The molecule has 376 valence electrons. The highest BCUT2D eigenvalue weighted by Crippen LogP contribution is 2.39. The number of aromatic nitrogens is 5. The molecule has 0 bridgehead atoms. The average molecular weight is 1020 g/mol. The smallest absolute Gasteiger partial charge is 0.355 e.